The van der Waals surface area contributed by atoms with E-state index < -0.39 is 17.4 Å². The zero-order chi connectivity index (χ0) is 29.5. The van der Waals surface area contributed by atoms with Crippen LogP contribution in [0.5, 0.6) is 0 Å². The van der Waals surface area contributed by atoms with Crippen molar-refractivity contribution in [3.63, 3.8) is 0 Å². The quantitative estimate of drug-likeness (QED) is 0.172. The summed E-state index contributed by atoms with van der Waals surface area (Å²) < 4.78 is 27.4. The summed E-state index contributed by atoms with van der Waals surface area (Å²) in [6.07, 6.45) is 8.44. The maximum Gasteiger partial charge on any atom is 0.280 e. The van der Waals surface area contributed by atoms with Gasteiger partial charge in [-0.3, -0.25) is 4.79 Å². The van der Waals surface area contributed by atoms with Crippen LogP contribution >= 0.6 is 23.2 Å². The number of carbonyl (C=O) groups is 1. The number of aliphatic imine (C=N–C) groups is 1. The number of rotatable bonds is 6. The highest BCUT2D eigenvalue weighted by Gasteiger charge is 2.46. The Bertz CT molecular complexity index is 1400. The van der Waals surface area contributed by atoms with Gasteiger partial charge in [0.2, 0.25) is 5.96 Å². The van der Waals surface area contributed by atoms with Crippen molar-refractivity contribution >= 4 is 35.1 Å². The number of carbonyl (C=O) groups excluding carboxylic acids is 1. The summed E-state index contributed by atoms with van der Waals surface area (Å²) in [6, 6.07) is 17.2. The number of hydrazine groups is 1. The molecule has 3 aromatic carbocycles. The second-order valence-electron chi connectivity index (χ2n) is 11.1. The molecule has 1 saturated heterocycles. The minimum Gasteiger partial charge on any atom is -0.352 e. The second kappa shape index (κ2) is 14.0. The van der Waals surface area contributed by atoms with E-state index in [1.807, 2.05) is 0 Å². The fourth-order valence-corrected chi connectivity index (χ4v) is 6.22. The van der Waals surface area contributed by atoms with Gasteiger partial charge in [-0.25, -0.2) is 19.6 Å². The molecule has 0 radical (unpaired) electrons. The molecular weight excluding hydrogens is 579 g/mol. The molecule has 3 aromatic rings. The standard InChI is InChI=1S/C32H35Cl2F2N5O/c33-25-13-8-22(9-14-25)30(42)38-31(37-20-23-12-17-27(36)18-28(23)34)39-32(24-6-4-2-1-3-5-7-24)19-29(40-41-32)21-10-15-26(35)16-11-21/h8-18,24,29,40-41H,1-7,19-20H2,(H2,37,38,39,42). The largest absolute Gasteiger partial charge is 0.352 e. The monoisotopic (exact) mass is 613 g/mol. The smallest absolute Gasteiger partial charge is 0.280 e. The summed E-state index contributed by atoms with van der Waals surface area (Å²) in [6.45, 7) is 0.217. The van der Waals surface area contributed by atoms with Crippen LogP contribution in [0.25, 0.3) is 0 Å². The molecule has 1 aliphatic carbocycles. The van der Waals surface area contributed by atoms with E-state index >= 15 is 0 Å². The maximum atomic E-state index is 13.7. The number of hydrogen-bond donors (Lipinski definition) is 4. The Morgan fingerprint density at radius 1 is 0.905 bits per heavy atom. The predicted molar refractivity (Wildman–Crippen MR) is 163 cm³/mol. The van der Waals surface area contributed by atoms with Gasteiger partial charge in [-0.2, -0.15) is 4.99 Å². The average molecular weight is 615 g/mol. The van der Waals surface area contributed by atoms with Crippen LogP contribution < -0.4 is 21.5 Å². The lowest BCUT2D eigenvalue weighted by Gasteiger charge is -2.40. The van der Waals surface area contributed by atoms with Crippen LogP contribution in [0.15, 0.2) is 71.7 Å². The van der Waals surface area contributed by atoms with Gasteiger partial charge in [0, 0.05) is 34.6 Å². The summed E-state index contributed by atoms with van der Waals surface area (Å²) >= 11 is 12.3. The number of halogens is 4. The highest BCUT2D eigenvalue weighted by atomic mass is 35.5. The molecule has 1 heterocycles. The molecule has 0 bridgehead atoms. The first kappa shape index (κ1) is 30.4. The van der Waals surface area contributed by atoms with E-state index in [4.69, 9.17) is 23.2 Å². The van der Waals surface area contributed by atoms with Crippen LogP contribution in [0.2, 0.25) is 10.0 Å². The Morgan fingerprint density at radius 3 is 2.26 bits per heavy atom. The summed E-state index contributed by atoms with van der Waals surface area (Å²) in [5, 5.41) is 7.65. The molecule has 1 aliphatic heterocycles. The third-order valence-electron chi connectivity index (χ3n) is 8.18. The van der Waals surface area contributed by atoms with Crippen LogP contribution in [-0.2, 0) is 6.54 Å². The fraction of sp³-hybridized carbons (Fsp3) is 0.375. The first-order chi connectivity index (χ1) is 20.3. The third kappa shape index (κ3) is 7.67. The number of nitrogens with zero attached hydrogens (tertiary/aromatic N) is 1. The number of hydrogen-bond acceptors (Lipinski definition) is 3. The highest BCUT2D eigenvalue weighted by molar-refractivity contribution is 6.31. The Hall–Kier alpha value is -3.04. The number of benzene rings is 3. The van der Waals surface area contributed by atoms with Crippen LogP contribution in [-0.4, -0.2) is 17.5 Å². The summed E-state index contributed by atoms with van der Waals surface area (Å²) in [4.78, 5) is 17.8. The van der Waals surface area contributed by atoms with Gasteiger partial charge in [-0.1, -0.05) is 73.5 Å². The molecule has 2 atom stereocenters. The number of guanidine groups is 1. The SMILES string of the molecule is O=C(/N=C(/NCc1ccc(F)cc1Cl)NC1(C2CCCCCCC2)CC(c2ccc(F)cc2)NN1)c1ccc(Cl)cc1. The lowest BCUT2D eigenvalue weighted by molar-refractivity contribution is 0.100. The van der Waals surface area contributed by atoms with Gasteiger partial charge in [-0.05, 0) is 78.4 Å². The molecule has 2 fully saturated rings. The van der Waals surface area contributed by atoms with Crippen molar-refractivity contribution in [3.05, 3.63) is 105 Å². The normalized spacial score (nSPS) is 21.9. The van der Waals surface area contributed by atoms with Gasteiger partial charge in [0.25, 0.3) is 5.91 Å². The van der Waals surface area contributed by atoms with Crippen molar-refractivity contribution < 1.29 is 13.6 Å². The average Bonchev–Trinajstić information content (AvgIpc) is 3.37. The highest BCUT2D eigenvalue weighted by Crippen LogP contribution is 2.38. The summed E-state index contributed by atoms with van der Waals surface area (Å²) in [5.41, 5.74) is 8.31. The van der Waals surface area contributed by atoms with Crippen molar-refractivity contribution in [2.75, 3.05) is 0 Å². The molecule has 1 amide bonds. The Balaban J connectivity index is 1.47. The fourth-order valence-electron chi connectivity index (χ4n) is 5.86. The zero-order valence-corrected chi connectivity index (χ0v) is 24.7. The van der Waals surface area contributed by atoms with Gasteiger partial charge in [0.05, 0.1) is 0 Å². The maximum absolute atomic E-state index is 13.7. The van der Waals surface area contributed by atoms with Crippen molar-refractivity contribution in [1.82, 2.24) is 21.5 Å². The van der Waals surface area contributed by atoms with E-state index in [1.165, 1.54) is 43.5 Å². The molecule has 1 saturated carbocycles. The van der Waals surface area contributed by atoms with Gasteiger partial charge in [0.1, 0.15) is 17.3 Å². The zero-order valence-electron chi connectivity index (χ0n) is 23.2. The Kier molecular flexibility index (Phi) is 10.1. The van der Waals surface area contributed by atoms with Gasteiger partial charge in [0.15, 0.2) is 0 Å². The lowest BCUT2D eigenvalue weighted by Crippen LogP contribution is -2.64. The van der Waals surface area contributed by atoms with Crippen LogP contribution in [0, 0.1) is 17.6 Å². The predicted octanol–water partition coefficient (Wildman–Crippen LogP) is 7.44. The minimum absolute atomic E-state index is 0.0942. The van der Waals surface area contributed by atoms with Crippen molar-refractivity contribution in [3.8, 4) is 0 Å². The summed E-state index contributed by atoms with van der Waals surface area (Å²) in [7, 11) is 0. The molecule has 0 aromatic heterocycles. The first-order valence-corrected chi connectivity index (χ1v) is 15.2. The molecule has 5 rings (SSSR count). The van der Waals surface area contributed by atoms with Gasteiger partial charge >= 0.3 is 0 Å². The minimum atomic E-state index is -0.658. The molecule has 42 heavy (non-hydrogen) atoms. The number of amides is 1. The summed E-state index contributed by atoms with van der Waals surface area (Å²) in [5.74, 6) is -0.659. The molecule has 4 N–H and O–H groups in total. The van der Waals surface area contributed by atoms with E-state index in [0.29, 0.717) is 22.6 Å². The molecule has 10 heteroatoms. The molecule has 2 aliphatic rings. The van der Waals surface area contributed by atoms with Crippen LogP contribution in [0.3, 0.4) is 0 Å². The van der Waals surface area contributed by atoms with E-state index in [-0.39, 0.29) is 35.3 Å². The van der Waals surface area contributed by atoms with Crippen LogP contribution in [0.1, 0.15) is 78.9 Å². The van der Waals surface area contributed by atoms with Crippen molar-refractivity contribution in [2.45, 2.75) is 69.6 Å². The van der Waals surface area contributed by atoms with Gasteiger partial charge in [-0.15, -0.1) is 0 Å². The molecule has 0 spiro atoms. The topological polar surface area (TPSA) is 77.5 Å². The molecule has 222 valence electrons. The molecule has 6 nitrogen and oxygen atoms in total. The van der Waals surface area contributed by atoms with E-state index in [2.05, 4.69) is 26.5 Å². The first-order valence-electron chi connectivity index (χ1n) is 14.4. The Labute approximate surface area is 255 Å². The van der Waals surface area contributed by atoms with Crippen molar-refractivity contribution in [1.29, 1.82) is 0 Å². The van der Waals surface area contributed by atoms with E-state index in [0.717, 1.165) is 31.2 Å². The third-order valence-corrected chi connectivity index (χ3v) is 8.78. The van der Waals surface area contributed by atoms with Crippen molar-refractivity contribution in [2.24, 2.45) is 10.9 Å². The lowest BCUT2D eigenvalue weighted by atomic mass is 9.79. The van der Waals surface area contributed by atoms with Gasteiger partial charge < -0.3 is 10.6 Å². The number of nitrogens with one attached hydrogen (secondary N) is 4. The molecule has 2 unspecified atom stereocenters. The Morgan fingerprint density at radius 2 is 1.57 bits per heavy atom. The van der Waals surface area contributed by atoms with Crippen LogP contribution in [0.4, 0.5) is 8.78 Å². The second-order valence-corrected chi connectivity index (χ2v) is 11.9. The molecular formula is C32H35Cl2F2N5O. The van der Waals surface area contributed by atoms with E-state index in [9.17, 15) is 13.6 Å². The van der Waals surface area contributed by atoms with E-state index in [1.54, 1.807) is 42.5 Å².